The van der Waals surface area contributed by atoms with Gasteiger partial charge in [-0.15, -0.1) is 0 Å². The SMILES string of the molecule is Cc1cc(C)c(NC(=O)Cn2cc(CCCO)c(C(F)(F)F)n2)c(C)c1. The maximum absolute atomic E-state index is 13.1. The lowest BCUT2D eigenvalue weighted by Crippen LogP contribution is -2.20. The van der Waals surface area contributed by atoms with Gasteiger partial charge in [-0.3, -0.25) is 9.48 Å². The number of alkyl halides is 3. The fourth-order valence-electron chi connectivity index (χ4n) is 2.94. The van der Waals surface area contributed by atoms with E-state index >= 15 is 0 Å². The summed E-state index contributed by atoms with van der Waals surface area (Å²) in [4.78, 5) is 12.3. The molecule has 8 heteroatoms. The standard InChI is InChI=1S/C18H22F3N3O2/c1-11-7-12(2)16(13(3)8-11)22-15(26)10-24-9-14(5-4-6-25)17(23-24)18(19,20)21/h7-9,25H,4-6,10H2,1-3H3,(H,22,26). The molecule has 0 bridgehead atoms. The van der Waals surface area contributed by atoms with E-state index in [0.29, 0.717) is 5.69 Å². The summed E-state index contributed by atoms with van der Waals surface area (Å²) in [6.07, 6.45) is -3.14. The van der Waals surface area contributed by atoms with E-state index < -0.39 is 17.8 Å². The zero-order valence-electron chi connectivity index (χ0n) is 14.9. The molecule has 5 nitrogen and oxygen atoms in total. The Labute approximate surface area is 149 Å². The number of carbonyl (C=O) groups is 1. The van der Waals surface area contributed by atoms with Crippen LogP contribution in [0.1, 0.15) is 34.4 Å². The first-order chi connectivity index (χ1) is 12.1. The molecule has 0 atom stereocenters. The van der Waals surface area contributed by atoms with E-state index in [1.165, 1.54) is 6.20 Å². The summed E-state index contributed by atoms with van der Waals surface area (Å²) in [5.74, 6) is -0.454. The van der Waals surface area contributed by atoms with Crippen LogP contribution in [0.4, 0.5) is 18.9 Å². The van der Waals surface area contributed by atoms with Crippen LogP contribution in [-0.4, -0.2) is 27.4 Å². The summed E-state index contributed by atoms with van der Waals surface area (Å²) in [6.45, 7) is 5.13. The normalized spacial score (nSPS) is 11.7. The second-order valence-electron chi connectivity index (χ2n) is 6.35. The van der Waals surface area contributed by atoms with Gasteiger partial charge in [-0.1, -0.05) is 17.7 Å². The quantitative estimate of drug-likeness (QED) is 0.820. The number of amides is 1. The molecule has 1 aromatic carbocycles. The number of aromatic nitrogens is 2. The van der Waals surface area contributed by atoms with Gasteiger partial charge in [0, 0.05) is 24.1 Å². The van der Waals surface area contributed by atoms with Gasteiger partial charge >= 0.3 is 6.18 Å². The van der Waals surface area contributed by atoms with Crippen molar-refractivity contribution in [1.29, 1.82) is 0 Å². The van der Waals surface area contributed by atoms with Crippen LogP contribution in [0.2, 0.25) is 0 Å². The van der Waals surface area contributed by atoms with Gasteiger partial charge in [-0.05, 0) is 44.7 Å². The molecule has 0 aliphatic rings. The summed E-state index contributed by atoms with van der Waals surface area (Å²) in [5.41, 5.74) is 2.45. The Balaban J connectivity index is 2.18. The molecule has 0 aliphatic heterocycles. The van der Waals surface area contributed by atoms with E-state index in [2.05, 4.69) is 10.4 Å². The predicted molar refractivity (Wildman–Crippen MR) is 91.9 cm³/mol. The summed E-state index contributed by atoms with van der Waals surface area (Å²) in [7, 11) is 0. The molecule has 0 saturated heterocycles. The average Bonchev–Trinajstić information content (AvgIpc) is 2.91. The summed E-state index contributed by atoms with van der Waals surface area (Å²) < 4.78 is 40.2. The van der Waals surface area contributed by atoms with Crippen molar-refractivity contribution in [3.8, 4) is 0 Å². The van der Waals surface area contributed by atoms with Crippen LogP contribution in [0.5, 0.6) is 0 Å². The average molecular weight is 369 g/mol. The lowest BCUT2D eigenvalue weighted by atomic mass is 10.1. The van der Waals surface area contributed by atoms with Crippen LogP contribution in [0.15, 0.2) is 18.3 Å². The fraction of sp³-hybridized carbons (Fsp3) is 0.444. The van der Waals surface area contributed by atoms with Gasteiger partial charge in [0.15, 0.2) is 5.69 Å². The monoisotopic (exact) mass is 369 g/mol. The Bertz CT molecular complexity index is 774. The smallest absolute Gasteiger partial charge is 0.396 e. The molecule has 2 N–H and O–H groups in total. The molecule has 0 aliphatic carbocycles. The molecule has 0 unspecified atom stereocenters. The minimum Gasteiger partial charge on any atom is -0.396 e. The highest BCUT2D eigenvalue weighted by molar-refractivity contribution is 5.92. The number of hydrogen-bond donors (Lipinski definition) is 2. The van der Waals surface area contributed by atoms with Crippen LogP contribution in [0, 0.1) is 20.8 Å². The molecule has 2 aromatic rings. The van der Waals surface area contributed by atoms with Crippen molar-refractivity contribution in [1.82, 2.24) is 9.78 Å². The second kappa shape index (κ2) is 7.90. The highest BCUT2D eigenvalue weighted by atomic mass is 19.4. The zero-order valence-corrected chi connectivity index (χ0v) is 14.9. The first kappa shape index (κ1) is 20.0. The molecule has 1 heterocycles. The molecule has 1 amide bonds. The maximum Gasteiger partial charge on any atom is 0.435 e. The van der Waals surface area contributed by atoms with Gasteiger partial charge in [0.25, 0.3) is 0 Å². The van der Waals surface area contributed by atoms with Gasteiger partial charge in [-0.2, -0.15) is 18.3 Å². The lowest BCUT2D eigenvalue weighted by molar-refractivity contribution is -0.142. The number of aliphatic hydroxyl groups excluding tert-OH is 1. The second-order valence-corrected chi connectivity index (χ2v) is 6.35. The lowest BCUT2D eigenvalue weighted by Gasteiger charge is -2.13. The Kier molecular flexibility index (Phi) is 6.07. The Morgan fingerprint density at radius 3 is 2.38 bits per heavy atom. The van der Waals surface area contributed by atoms with E-state index in [-0.39, 0.29) is 31.6 Å². The minimum atomic E-state index is -4.60. The molecule has 0 spiro atoms. The van der Waals surface area contributed by atoms with Gasteiger partial charge in [0.2, 0.25) is 5.91 Å². The van der Waals surface area contributed by atoms with Crippen molar-refractivity contribution in [2.45, 2.75) is 46.3 Å². The number of halogens is 3. The number of hydrogen-bond acceptors (Lipinski definition) is 3. The first-order valence-electron chi connectivity index (χ1n) is 8.24. The van der Waals surface area contributed by atoms with Gasteiger partial charge in [0.05, 0.1) is 0 Å². The molecular formula is C18H22F3N3O2. The fourth-order valence-corrected chi connectivity index (χ4v) is 2.94. The van der Waals surface area contributed by atoms with Gasteiger partial charge < -0.3 is 10.4 Å². The number of nitrogens with one attached hydrogen (secondary N) is 1. The van der Waals surface area contributed by atoms with Crippen molar-refractivity contribution in [2.75, 3.05) is 11.9 Å². The number of rotatable bonds is 6. The maximum atomic E-state index is 13.1. The number of aryl methyl sites for hydroxylation is 4. The third kappa shape index (κ3) is 4.85. The molecule has 1 aromatic heterocycles. The van der Waals surface area contributed by atoms with Crippen LogP contribution in [-0.2, 0) is 23.9 Å². The third-order valence-electron chi connectivity index (χ3n) is 3.96. The van der Waals surface area contributed by atoms with E-state index in [0.717, 1.165) is 21.4 Å². The Hall–Kier alpha value is -2.35. The topological polar surface area (TPSA) is 67.2 Å². The number of anilines is 1. The summed E-state index contributed by atoms with van der Waals surface area (Å²) in [5, 5.41) is 15.1. The zero-order chi connectivity index (χ0) is 19.5. The highest BCUT2D eigenvalue weighted by Crippen LogP contribution is 2.31. The minimum absolute atomic E-state index is 0.0259. The highest BCUT2D eigenvalue weighted by Gasteiger charge is 2.37. The van der Waals surface area contributed by atoms with Crippen molar-refractivity contribution in [3.05, 3.63) is 46.3 Å². The molecule has 2 rings (SSSR count). The predicted octanol–water partition coefficient (Wildman–Crippen LogP) is 3.39. The van der Waals surface area contributed by atoms with Crippen LogP contribution >= 0.6 is 0 Å². The van der Waals surface area contributed by atoms with Crippen molar-refractivity contribution in [3.63, 3.8) is 0 Å². The Morgan fingerprint density at radius 2 is 1.85 bits per heavy atom. The van der Waals surface area contributed by atoms with E-state index in [1.807, 2.05) is 32.9 Å². The van der Waals surface area contributed by atoms with Crippen molar-refractivity contribution in [2.24, 2.45) is 0 Å². The summed E-state index contributed by atoms with van der Waals surface area (Å²) in [6, 6.07) is 3.84. The molecule has 0 saturated carbocycles. The first-order valence-corrected chi connectivity index (χ1v) is 8.24. The van der Waals surface area contributed by atoms with Crippen molar-refractivity contribution < 1.29 is 23.1 Å². The van der Waals surface area contributed by atoms with Gasteiger partial charge in [-0.25, -0.2) is 0 Å². The van der Waals surface area contributed by atoms with Crippen LogP contribution in [0.3, 0.4) is 0 Å². The number of aliphatic hydroxyl groups is 1. The van der Waals surface area contributed by atoms with E-state index in [1.54, 1.807) is 0 Å². The molecule has 26 heavy (non-hydrogen) atoms. The van der Waals surface area contributed by atoms with Crippen molar-refractivity contribution >= 4 is 11.6 Å². The third-order valence-corrected chi connectivity index (χ3v) is 3.96. The number of benzene rings is 1. The molecule has 0 radical (unpaired) electrons. The molecule has 142 valence electrons. The van der Waals surface area contributed by atoms with Crippen LogP contribution in [0.25, 0.3) is 0 Å². The molecular weight excluding hydrogens is 347 g/mol. The number of nitrogens with zero attached hydrogens (tertiary/aromatic N) is 2. The summed E-state index contributed by atoms with van der Waals surface area (Å²) >= 11 is 0. The molecule has 0 fully saturated rings. The van der Waals surface area contributed by atoms with E-state index in [9.17, 15) is 18.0 Å². The Morgan fingerprint density at radius 1 is 1.23 bits per heavy atom. The largest absolute Gasteiger partial charge is 0.435 e. The number of carbonyl (C=O) groups excluding carboxylic acids is 1. The van der Waals surface area contributed by atoms with Gasteiger partial charge in [0.1, 0.15) is 6.54 Å². The van der Waals surface area contributed by atoms with Crippen LogP contribution < -0.4 is 5.32 Å². The van der Waals surface area contributed by atoms with E-state index in [4.69, 9.17) is 5.11 Å².